The van der Waals surface area contributed by atoms with Crippen molar-refractivity contribution in [3.63, 3.8) is 0 Å². The monoisotopic (exact) mass is 632 g/mol. The van der Waals surface area contributed by atoms with E-state index in [1.807, 2.05) is 79.8 Å². The van der Waals surface area contributed by atoms with Crippen molar-refractivity contribution in [2.45, 2.75) is 50.4 Å². The van der Waals surface area contributed by atoms with Crippen molar-refractivity contribution in [3.05, 3.63) is 89.5 Å². The number of nitrogens with one attached hydrogen (secondary N) is 3. The molecule has 0 aromatic heterocycles. The minimum Gasteiger partial charge on any atom is -0.489 e. The van der Waals surface area contributed by atoms with Crippen molar-refractivity contribution >= 4 is 17.8 Å². The van der Waals surface area contributed by atoms with Gasteiger partial charge in [-0.3, -0.25) is 9.59 Å². The van der Waals surface area contributed by atoms with Gasteiger partial charge in [-0.15, -0.1) is 0 Å². The Balaban J connectivity index is 1.90. The Hall–Kier alpha value is -4.25. The van der Waals surface area contributed by atoms with Gasteiger partial charge in [-0.05, 0) is 80.5 Å². The molecule has 0 fully saturated rings. The van der Waals surface area contributed by atoms with E-state index in [0.717, 1.165) is 40.8 Å². The fourth-order valence-electron chi connectivity index (χ4n) is 5.35. The lowest BCUT2D eigenvalue weighted by atomic mass is 9.95. The summed E-state index contributed by atoms with van der Waals surface area (Å²) in [6, 6.07) is 21.9. The molecule has 248 valence electrons. The lowest BCUT2D eigenvalue weighted by Gasteiger charge is -2.30. The van der Waals surface area contributed by atoms with Crippen LogP contribution in [0.4, 0.5) is 0 Å². The highest BCUT2D eigenvalue weighted by molar-refractivity contribution is 5.87. The van der Waals surface area contributed by atoms with Crippen molar-refractivity contribution in [1.29, 1.82) is 0 Å². The van der Waals surface area contributed by atoms with Crippen LogP contribution < -0.4 is 20.7 Å². The smallest absolute Gasteiger partial charge is 0.328 e. The molecule has 0 aliphatic heterocycles. The molecule has 0 radical (unpaired) electrons. The number of rotatable bonds is 18. The first kappa shape index (κ1) is 36.2. The van der Waals surface area contributed by atoms with E-state index in [9.17, 15) is 14.4 Å². The van der Waals surface area contributed by atoms with E-state index in [-0.39, 0.29) is 18.3 Å². The maximum atomic E-state index is 13.4. The third-order valence-electron chi connectivity index (χ3n) is 8.10. The average molecular weight is 633 g/mol. The van der Waals surface area contributed by atoms with Crippen molar-refractivity contribution in [3.8, 4) is 16.9 Å². The van der Waals surface area contributed by atoms with Crippen LogP contribution in [0.15, 0.2) is 72.8 Å². The van der Waals surface area contributed by atoms with Crippen LogP contribution in [0.2, 0.25) is 0 Å². The number of hydrogen-bond acceptors (Lipinski definition) is 9. The van der Waals surface area contributed by atoms with Crippen LogP contribution in [0.25, 0.3) is 11.1 Å². The van der Waals surface area contributed by atoms with Crippen LogP contribution in [0.5, 0.6) is 5.75 Å². The van der Waals surface area contributed by atoms with Gasteiger partial charge in [-0.2, -0.15) is 0 Å². The number of hydrogen-bond donors (Lipinski definition) is 3. The molecule has 3 aromatic carbocycles. The van der Waals surface area contributed by atoms with E-state index in [1.165, 1.54) is 19.1 Å². The third-order valence-corrected chi connectivity index (χ3v) is 8.10. The van der Waals surface area contributed by atoms with Gasteiger partial charge in [0.2, 0.25) is 5.91 Å². The van der Waals surface area contributed by atoms with E-state index in [1.54, 1.807) is 21.1 Å². The Morgan fingerprint density at radius 2 is 1.43 bits per heavy atom. The van der Waals surface area contributed by atoms with Gasteiger partial charge in [0.15, 0.2) is 0 Å². The zero-order chi connectivity index (χ0) is 33.5. The molecule has 3 aromatic rings. The number of ether oxygens (including phenoxy) is 3. The summed E-state index contributed by atoms with van der Waals surface area (Å²) >= 11 is 0. The van der Waals surface area contributed by atoms with Crippen LogP contribution >= 0.6 is 0 Å². The predicted octanol–water partition coefficient (Wildman–Crippen LogP) is 3.37. The Labute approximate surface area is 272 Å². The largest absolute Gasteiger partial charge is 0.489 e. The Morgan fingerprint density at radius 1 is 0.761 bits per heavy atom. The summed E-state index contributed by atoms with van der Waals surface area (Å²) in [5, 5.41) is 9.23. The maximum Gasteiger partial charge on any atom is 0.328 e. The van der Waals surface area contributed by atoms with Crippen molar-refractivity contribution in [1.82, 2.24) is 20.9 Å². The number of carbonyl (C=O) groups is 3. The summed E-state index contributed by atoms with van der Waals surface area (Å²) in [6.45, 7) is 1.18. The molecule has 0 aliphatic carbocycles. The molecule has 0 saturated heterocycles. The first-order valence-electron chi connectivity index (χ1n) is 15.6. The number of amides is 1. The molecule has 0 spiro atoms. The highest BCUT2D eigenvalue weighted by atomic mass is 16.5. The third kappa shape index (κ3) is 10.1. The fraction of sp³-hybridized carbons (Fsp3) is 0.417. The maximum absolute atomic E-state index is 13.4. The number of carbonyl (C=O) groups excluding carboxylic acids is 3. The summed E-state index contributed by atoms with van der Waals surface area (Å²) in [5.74, 6) is -0.327. The van der Waals surface area contributed by atoms with Gasteiger partial charge in [0.1, 0.15) is 24.4 Å². The molecule has 3 atom stereocenters. The first-order valence-corrected chi connectivity index (χ1v) is 15.6. The van der Waals surface area contributed by atoms with E-state index < -0.39 is 24.1 Å². The molecule has 1 amide bonds. The summed E-state index contributed by atoms with van der Waals surface area (Å²) in [4.78, 5) is 40.3. The molecule has 3 N–H and O–H groups in total. The topological polar surface area (TPSA) is 118 Å². The van der Waals surface area contributed by atoms with E-state index in [4.69, 9.17) is 14.2 Å². The standard InChI is InChI=1S/C36H48N4O6/c1-37-19-11-16-30(38-2)34(41)40(4)32(36(43)45-6)21-26-14-10-15-27(20-26)28-17-18-33(46-24-25-12-8-7-9-13-25)29(22-28)23-31(39-3)35(42)44-5/h7-10,12-15,17-18,20,22,30-32,37-39H,11,16,19,21,23-24H2,1-6H3/t30-,31-,32-/m0/s1. The van der Waals surface area contributed by atoms with Gasteiger partial charge >= 0.3 is 11.9 Å². The molecule has 0 bridgehead atoms. The lowest BCUT2D eigenvalue weighted by molar-refractivity contribution is -0.152. The second kappa shape index (κ2) is 18.7. The number of likely N-dealkylation sites (N-methyl/N-ethyl adjacent to an activating group) is 3. The molecule has 3 rings (SSSR count). The minimum atomic E-state index is -0.798. The van der Waals surface area contributed by atoms with Gasteiger partial charge in [0, 0.05) is 19.9 Å². The number of benzene rings is 3. The normalized spacial score (nSPS) is 12.9. The molecule has 0 aliphatic rings. The van der Waals surface area contributed by atoms with Gasteiger partial charge in [-0.25, -0.2) is 4.79 Å². The van der Waals surface area contributed by atoms with Gasteiger partial charge in [0.25, 0.3) is 0 Å². The average Bonchev–Trinajstić information content (AvgIpc) is 3.10. The molecule has 0 heterocycles. The van der Waals surface area contributed by atoms with Crippen molar-refractivity contribution in [2.24, 2.45) is 0 Å². The highest BCUT2D eigenvalue weighted by Gasteiger charge is 2.31. The molecule has 0 unspecified atom stereocenters. The summed E-state index contributed by atoms with van der Waals surface area (Å²) < 4.78 is 16.3. The Bertz CT molecular complexity index is 1420. The van der Waals surface area contributed by atoms with Crippen LogP contribution in [0.1, 0.15) is 29.5 Å². The van der Waals surface area contributed by atoms with Crippen LogP contribution in [-0.4, -0.2) is 89.8 Å². The van der Waals surface area contributed by atoms with Gasteiger partial charge < -0.3 is 35.1 Å². The minimum absolute atomic E-state index is 0.161. The number of methoxy groups -OCH3 is 2. The molecular formula is C36H48N4O6. The van der Waals surface area contributed by atoms with Gasteiger partial charge in [-0.1, -0.05) is 60.7 Å². The van der Waals surface area contributed by atoms with Crippen LogP contribution in [-0.2, 0) is 43.3 Å². The molecule has 10 heteroatoms. The summed E-state index contributed by atoms with van der Waals surface area (Å²) in [7, 11) is 9.71. The zero-order valence-electron chi connectivity index (χ0n) is 27.8. The van der Waals surface area contributed by atoms with Crippen LogP contribution in [0.3, 0.4) is 0 Å². The lowest BCUT2D eigenvalue weighted by Crippen LogP contribution is -2.51. The van der Waals surface area contributed by atoms with E-state index in [2.05, 4.69) is 16.0 Å². The van der Waals surface area contributed by atoms with E-state index >= 15 is 0 Å². The van der Waals surface area contributed by atoms with Gasteiger partial charge in [0.05, 0.1) is 20.3 Å². The number of nitrogens with zero attached hydrogens (tertiary/aromatic N) is 1. The first-order chi connectivity index (χ1) is 22.3. The Kier molecular flexibility index (Phi) is 14.7. The van der Waals surface area contributed by atoms with Crippen molar-refractivity contribution < 1.29 is 28.6 Å². The van der Waals surface area contributed by atoms with Crippen LogP contribution in [0, 0.1) is 0 Å². The molecule has 10 nitrogen and oxygen atoms in total. The summed E-state index contributed by atoms with van der Waals surface area (Å²) in [6.07, 6.45) is 2.10. The van der Waals surface area contributed by atoms with Crippen molar-refractivity contribution in [2.75, 3.05) is 49.0 Å². The SMILES string of the molecule is CNCCC[C@H](NC)C(=O)N(C)[C@@H](Cc1cccc(-c2ccc(OCc3ccccc3)c(C[C@H](NC)C(=O)OC)c2)c1)C(=O)OC. The highest BCUT2D eigenvalue weighted by Crippen LogP contribution is 2.30. The second-order valence-corrected chi connectivity index (χ2v) is 11.1. The second-order valence-electron chi connectivity index (χ2n) is 11.1. The Morgan fingerprint density at radius 3 is 2.09 bits per heavy atom. The molecule has 46 heavy (non-hydrogen) atoms. The fourth-order valence-corrected chi connectivity index (χ4v) is 5.35. The summed E-state index contributed by atoms with van der Waals surface area (Å²) in [5.41, 5.74) is 4.59. The number of esters is 2. The predicted molar refractivity (Wildman–Crippen MR) is 180 cm³/mol. The molecular weight excluding hydrogens is 584 g/mol. The molecule has 0 saturated carbocycles. The van der Waals surface area contributed by atoms with E-state index in [0.29, 0.717) is 25.2 Å². The quantitative estimate of drug-likeness (QED) is 0.143. The zero-order valence-corrected chi connectivity index (χ0v) is 27.8.